The summed E-state index contributed by atoms with van der Waals surface area (Å²) in [5, 5.41) is 10.4. The third kappa shape index (κ3) is 9.11. The molecule has 1 aromatic rings. The van der Waals surface area contributed by atoms with Crippen LogP contribution in [0.25, 0.3) is 0 Å². The molecule has 0 fully saturated rings. The Bertz CT molecular complexity index is 468. The van der Waals surface area contributed by atoms with Gasteiger partial charge in [-0.2, -0.15) is 0 Å². The van der Waals surface area contributed by atoms with Crippen LogP contribution >= 0.6 is 34.8 Å². The highest BCUT2D eigenvalue weighted by Gasteiger charge is 2.37. The van der Waals surface area contributed by atoms with E-state index in [1.54, 1.807) is 6.20 Å². The molecular weight excluding hydrogens is 383 g/mol. The van der Waals surface area contributed by atoms with Gasteiger partial charge in [0.2, 0.25) is 5.91 Å². The summed E-state index contributed by atoms with van der Waals surface area (Å²) in [5.41, 5.74) is 0. The van der Waals surface area contributed by atoms with E-state index in [1.165, 1.54) is 55.8 Å². The van der Waals surface area contributed by atoms with Gasteiger partial charge in [0.1, 0.15) is 0 Å². The smallest absolute Gasteiger partial charge is 0.221 e. The van der Waals surface area contributed by atoms with E-state index in [0.717, 1.165) is 12.8 Å². The Morgan fingerprint density at radius 2 is 1.72 bits per heavy atom. The predicted octanol–water partition coefficient (Wildman–Crippen LogP) is 5.23. The summed E-state index contributed by atoms with van der Waals surface area (Å²) in [6, 6.07) is 0. The summed E-state index contributed by atoms with van der Waals surface area (Å²) in [5.74, 6) is -0.155. The molecule has 0 spiro atoms. The maximum atomic E-state index is 12.2. The molecule has 0 saturated heterocycles. The zero-order valence-electron chi connectivity index (χ0n) is 14.9. The lowest BCUT2D eigenvalue weighted by molar-refractivity contribution is -0.122. The molecule has 144 valence electrons. The van der Waals surface area contributed by atoms with Crippen molar-refractivity contribution in [1.82, 2.24) is 20.3 Å². The fraction of sp³-hybridized carbons (Fsp3) is 0.824. The lowest BCUT2D eigenvalue weighted by Gasteiger charge is -2.28. The minimum absolute atomic E-state index is 0.0427. The molecule has 1 N–H and O–H groups in total. The van der Waals surface area contributed by atoms with E-state index in [0.29, 0.717) is 6.42 Å². The summed E-state index contributed by atoms with van der Waals surface area (Å²) in [7, 11) is 0. The number of nitrogens with zero attached hydrogens (tertiary/aromatic N) is 3. The van der Waals surface area contributed by atoms with Crippen molar-refractivity contribution in [3.05, 3.63) is 12.4 Å². The van der Waals surface area contributed by atoms with Gasteiger partial charge in [-0.1, -0.05) is 86.7 Å². The Hall–Kier alpha value is -0.520. The van der Waals surface area contributed by atoms with Gasteiger partial charge in [0.15, 0.2) is 10.5 Å². The number of nitrogens with one attached hydrogen (secondary N) is 1. The quantitative estimate of drug-likeness (QED) is 0.337. The molecule has 0 bridgehead atoms. The number of aromatic nitrogens is 3. The maximum Gasteiger partial charge on any atom is 0.221 e. The van der Waals surface area contributed by atoms with E-state index in [-0.39, 0.29) is 11.8 Å². The van der Waals surface area contributed by atoms with Gasteiger partial charge >= 0.3 is 0 Å². The highest BCUT2D eigenvalue weighted by atomic mass is 35.5. The average Bonchev–Trinajstić information content (AvgIpc) is 3.12. The van der Waals surface area contributed by atoms with Crippen molar-refractivity contribution in [3.63, 3.8) is 0 Å². The molecule has 0 saturated carbocycles. The van der Waals surface area contributed by atoms with Crippen molar-refractivity contribution < 1.29 is 4.79 Å². The van der Waals surface area contributed by atoms with Gasteiger partial charge < -0.3 is 5.32 Å². The van der Waals surface area contributed by atoms with Gasteiger partial charge in [0.05, 0.1) is 12.1 Å². The van der Waals surface area contributed by atoms with Gasteiger partial charge in [-0.25, -0.2) is 4.68 Å². The van der Waals surface area contributed by atoms with Gasteiger partial charge in [-0.05, 0) is 6.42 Å². The zero-order chi connectivity index (χ0) is 18.5. The Balaban J connectivity index is 2.25. The van der Waals surface area contributed by atoms with Crippen LogP contribution in [0.2, 0.25) is 0 Å². The standard InChI is InChI=1S/C17H29Cl3N4O/c1-2-3-4-5-6-7-8-9-10-11-15(25)22-16(17(19,20)14-18)24-13-12-21-23-24/h12-13,16H,2-11,14H2,1H3,(H,22,25). The van der Waals surface area contributed by atoms with Crippen LogP contribution in [0.1, 0.15) is 77.3 Å². The SMILES string of the molecule is CCCCCCCCCCCC(=O)NC(n1ccnn1)C(Cl)(Cl)CCl. The van der Waals surface area contributed by atoms with Crippen LogP contribution in [0.4, 0.5) is 0 Å². The number of carbonyl (C=O) groups excluding carboxylic acids is 1. The van der Waals surface area contributed by atoms with Gasteiger partial charge in [-0.3, -0.25) is 4.79 Å². The van der Waals surface area contributed by atoms with Crippen LogP contribution in [0.15, 0.2) is 12.4 Å². The molecule has 5 nitrogen and oxygen atoms in total. The first kappa shape index (κ1) is 22.5. The van der Waals surface area contributed by atoms with Gasteiger partial charge in [0, 0.05) is 12.6 Å². The lowest BCUT2D eigenvalue weighted by Crippen LogP contribution is -2.44. The number of alkyl halides is 3. The van der Waals surface area contributed by atoms with Crippen molar-refractivity contribution in [2.45, 2.75) is 81.6 Å². The third-order valence-corrected chi connectivity index (χ3v) is 5.46. The highest BCUT2D eigenvalue weighted by Crippen LogP contribution is 2.33. The molecule has 1 amide bonds. The number of carbonyl (C=O) groups is 1. The Morgan fingerprint density at radius 3 is 2.24 bits per heavy atom. The molecular formula is C17H29Cl3N4O. The summed E-state index contributed by atoms with van der Waals surface area (Å²) < 4.78 is 0.0555. The van der Waals surface area contributed by atoms with E-state index in [1.807, 2.05) is 0 Å². The number of hydrogen-bond acceptors (Lipinski definition) is 3. The van der Waals surface area contributed by atoms with Crippen LogP contribution in [0.5, 0.6) is 0 Å². The first-order valence-electron chi connectivity index (χ1n) is 9.10. The van der Waals surface area contributed by atoms with E-state index in [2.05, 4.69) is 22.6 Å². The molecule has 0 aliphatic rings. The van der Waals surface area contributed by atoms with Crippen LogP contribution in [-0.2, 0) is 4.79 Å². The van der Waals surface area contributed by atoms with Crippen molar-refractivity contribution in [2.24, 2.45) is 0 Å². The zero-order valence-corrected chi connectivity index (χ0v) is 17.2. The minimum Gasteiger partial charge on any atom is -0.332 e. The maximum absolute atomic E-state index is 12.2. The monoisotopic (exact) mass is 410 g/mol. The number of rotatable bonds is 14. The minimum atomic E-state index is -1.36. The van der Waals surface area contributed by atoms with Crippen LogP contribution in [0, 0.1) is 0 Å². The third-order valence-electron chi connectivity index (χ3n) is 4.09. The molecule has 1 atom stereocenters. The Morgan fingerprint density at radius 1 is 1.12 bits per heavy atom. The highest BCUT2D eigenvalue weighted by molar-refractivity contribution is 6.51. The van der Waals surface area contributed by atoms with Crippen LogP contribution in [0.3, 0.4) is 0 Å². The molecule has 0 aliphatic carbocycles. The topological polar surface area (TPSA) is 59.8 Å². The van der Waals surface area contributed by atoms with Crippen molar-refractivity contribution in [3.8, 4) is 0 Å². The van der Waals surface area contributed by atoms with Crippen LogP contribution in [-0.4, -0.2) is 31.1 Å². The summed E-state index contributed by atoms with van der Waals surface area (Å²) in [4.78, 5) is 12.2. The molecule has 8 heteroatoms. The second-order valence-corrected chi connectivity index (χ2v) is 8.14. The molecule has 0 aromatic carbocycles. The number of amides is 1. The van der Waals surface area contributed by atoms with Crippen molar-refractivity contribution in [2.75, 3.05) is 5.88 Å². The van der Waals surface area contributed by atoms with Crippen molar-refractivity contribution >= 4 is 40.7 Å². The molecule has 1 rings (SSSR count). The predicted molar refractivity (Wildman–Crippen MR) is 104 cm³/mol. The van der Waals surface area contributed by atoms with Gasteiger partial charge in [-0.15, -0.1) is 16.7 Å². The largest absolute Gasteiger partial charge is 0.332 e. The normalized spacial score (nSPS) is 13.0. The van der Waals surface area contributed by atoms with Gasteiger partial charge in [0.25, 0.3) is 0 Å². The Labute approximate surface area is 165 Å². The fourth-order valence-electron chi connectivity index (χ4n) is 2.61. The van der Waals surface area contributed by atoms with Crippen LogP contribution < -0.4 is 5.32 Å². The summed E-state index contributed by atoms with van der Waals surface area (Å²) in [6.45, 7) is 2.23. The molecule has 25 heavy (non-hydrogen) atoms. The first-order chi connectivity index (χ1) is 12.0. The lowest BCUT2D eigenvalue weighted by atomic mass is 10.1. The fourth-order valence-corrected chi connectivity index (χ4v) is 3.07. The van der Waals surface area contributed by atoms with E-state index >= 15 is 0 Å². The van der Waals surface area contributed by atoms with E-state index in [4.69, 9.17) is 34.8 Å². The average molecular weight is 412 g/mol. The van der Waals surface area contributed by atoms with Crippen molar-refractivity contribution in [1.29, 1.82) is 0 Å². The molecule has 1 heterocycles. The molecule has 0 radical (unpaired) electrons. The summed E-state index contributed by atoms with van der Waals surface area (Å²) in [6.07, 6.45) is 13.6. The molecule has 0 aliphatic heterocycles. The molecule has 1 unspecified atom stereocenters. The summed E-state index contributed by atoms with van der Waals surface area (Å²) >= 11 is 18.2. The number of unbranched alkanes of at least 4 members (excludes halogenated alkanes) is 8. The Kier molecular flexibility index (Phi) is 11.5. The van der Waals surface area contributed by atoms with E-state index < -0.39 is 10.5 Å². The number of halogens is 3. The first-order valence-corrected chi connectivity index (χ1v) is 10.4. The second kappa shape index (κ2) is 12.8. The molecule has 1 aromatic heterocycles. The van der Waals surface area contributed by atoms with E-state index in [9.17, 15) is 4.79 Å². The second-order valence-electron chi connectivity index (χ2n) is 6.33. The number of hydrogen-bond donors (Lipinski definition) is 1.